The maximum Gasteiger partial charge on any atom is 0.337 e. The molecular weight excluding hydrogens is 413 g/mol. The van der Waals surface area contributed by atoms with Crippen LogP contribution < -0.4 is 5.32 Å². The second kappa shape index (κ2) is 8.88. The predicted molar refractivity (Wildman–Crippen MR) is 115 cm³/mol. The molecule has 7 heteroatoms. The van der Waals surface area contributed by atoms with Crippen LogP contribution in [0.4, 0.5) is 4.39 Å². The van der Waals surface area contributed by atoms with Crippen molar-refractivity contribution in [2.45, 2.75) is 58.0 Å². The van der Waals surface area contributed by atoms with Gasteiger partial charge >= 0.3 is 11.9 Å². The molecule has 170 valence electrons. The molecule has 6 nitrogen and oxygen atoms in total. The number of esters is 2. The average molecular weight is 441 g/mol. The van der Waals surface area contributed by atoms with Crippen LogP contribution in [0.25, 0.3) is 0 Å². The monoisotopic (exact) mass is 441 g/mol. The summed E-state index contributed by atoms with van der Waals surface area (Å²) in [5.74, 6) is -4.38. The van der Waals surface area contributed by atoms with Crippen LogP contribution in [-0.2, 0) is 23.9 Å². The van der Waals surface area contributed by atoms with Gasteiger partial charge in [0.15, 0.2) is 5.78 Å². The summed E-state index contributed by atoms with van der Waals surface area (Å²) >= 11 is 0. The SMILES string of the molecule is COC(=O)[C@H]1C(=O)C2=C(C[C@@H]1C)NC(C)=C(C(=O)OC1CCCC1)[C@H]2c1ccccc1F. The van der Waals surface area contributed by atoms with Gasteiger partial charge in [0, 0.05) is 22.5 Å². The van der Waals surface area contributed by atoms with Crippen molar-refractivity contribution >= 4 is 17.7 Å². The van der Waals surface area contributed by atoms with Crippen LogP contribution in [0.1, 0.15) is 57.4 Å². The fourth-order valence-corrected chi connectivity index (χ4v) is 5.19. The van der Waals surface area contributed by atoms with Crippen LogP contribution in [-0.4, -0.2) is 30.9 Å². The fourth-order valence-electron chi connectivity index (χ4n) is 5.19. The van der Waals surface area contributed by atoms with Gasteiger partial charge in [0.05, 0.1) is 18.6 Å². The number of rotatable bonds is 4. The topological polar surface area (TPSA) is 81.7 Å². The fraction of sp³-hybridized carbons (Fsp3) is 0.480. The zero-order valence-corrected chi connectivity index (χ0v) is 18.6. The number of Topliss-reactive ketones (excluding diaryl/α,β-unsaturated/α-hetero) is 1. The van der Waals surface area contributed by atoms with Crippen LogP contribution in [0.15, 0.2) is 46.8 Å². The third kappa shape index (κ3) is 3.85. The number of carbonyl (C=O) groups excluding carboxylic acids is 3. The standard InChI is InChI=1S/C25H28FNO5/c1-13-12-18-22(23(28)19(13)24(29)31-3)21(16-10-6-7-11-17(16)26)20(14(2)27-18)25(30)32-15-8-4-5-9-15/h6-7,10-11,13,15,19,21,27H,4-5,8-9,12H2,1-3H3/t13-,19+,21+/m0/s1. The van der Waals surface area contributed by atoms with Gasteiger partial charge < -0.3 is 14.8 Å². The van der Waals surface area contributed by atoms with Crippen molar-refractivity contribution in [1.29, 1.82) is 0 Å². The normalized spacial score (nSPS) is 26.0. The van der Waals surface area contributed by atoms with Gasteiger partial charge in [-0.3, -0.25) is 9.59 Å². The number of allylic oxidation sites excluding steroid dienone is 3. The van der Waals surface area contributed by atoms with E-state index in [9.17, 15) is 14.4 Å². The highest BCUT2D eigenvalue weighted by Gasteiger charge is 2.48. The Labute approximate surface area is 186 Å². The molecular formula is C25H28FNO5. The van der Waals surface area contributed by atoms with Crippen LogP contribution in [0.3, 0.4) is 0 Å². The van der Waals surface area contributed by atoms with E-state index in [1.165, 1.54) is 13.2 Å². The van der Waals surface area contributed by atoms with Crippen molar-refractivity contribution in [2.75, 3.05) is 7.11 Å². The minimum absolute atomic E-state index is 0.177. The number of ketones is 1. The molecule has 0 unspecified atom stereocenters. The molecule has 1 aromatic rings. The van der Waals surface area contributed by atoms with Crippen molar-refractivity contribution in [3.8, 4) is 0 Å². The number of hydrogen-bond acceptors (Lipinski definition) is 6. The molecule has 3 aliphatic rings. The van der Waals surface area contributed by atoms with E-state index >= 15 is 4.39 Å². The third-order valence-electron chi connectivity index (χ3n) is 6.76. The largest absolute Gasteiger partial charge is 0.468 e. The van der Waals surface area contributed by atoms with Gasteiger partial charge in [0.2, 0.25) is 0 Å². The molecule has 1 aliphatic heterocycles. The second-order valence-corrected chi connectivity index (χ2v) is 8.87. The minimum atomic E-state index is -1.000. The lowest BCUT2D eigenvalue weighted by Crippen LogP contribution is -2.43. The van der Waals surface area contributed by atoms with E-state index in [1.54, 1.807) is 25.1 Å². The van der Waals surface area contributed by atoms with Crippen molar-refractivity contribution in [2.24, 2.45) is 11.8 Å². The first kappa shape index (κ1) is 22.2. The van der Waals surface area contributed by atoms with Crippen LogP contribution >= 0.6 is 0 Å². The van der Waals surface area contributed by atoms with Gasteiger partial charge in [-0.15, -0.1) is 0 Å². The number of hydrogen-bond donors (Lipinski definition) is 1. The van der Waals surface area contributed by atoms with Crippen molar-refractivity contribution in [3.05, 3.63) is 58.2 Å². The molecule has 0 saturated heterocycles. The number of carbonyl (C=O) groups is 3. The molecule has 1 heterocycles. The number of benzene rings is 1. The molecule has 0 aromatic heterocycles. The molecule has 1 aromatic carbocycles. The molecule has 32 heavy (non-hydrogen) atoms. The summed E-state index contributed by atoms with van der Waals surface area (Å²) in [7, 11) is 1.24. The summed E-state index contributed by atoms with van der Waals surface area (Å²) in [6.07, 6.45) is 3.82. The lowest BCUT2D eigenvalue weighted by atomic mass is 9.69. The van der Waals surface area contributed by atoms with Crippen LogP contribution in [0.5, 0.6) is 0 Å². The molecule has 0 spiro atoms. The van der Waals surface area contributed by atoms with E-state index in [1.807, 2.05) is 6.92 Å². The summed E-state index contributed by atoms with van der Waals surface area (Å²) < 4.78 is 25.6. The zero-order chi connectivity index (χ0) is 23.0. The summed E-state index contributed by atoms with van der Waals surface area (Å²) in [6, 6.07) is 6.11. The van der Waals surface area contributed by atoms with E-state index < -0.39 is 35.4 Å². The second-order valence-electron chi connectivity index (χ2n) is 8.87. The number of methoxy groups -OCH3 is 1. The number of ether oxygens (including phenoxy) is 2. The van der Waals surface area contributed by atoms with Crippen molar-refractivity contribution in [3.63, 3.8) is 0 Å². The third-order valence-corrected chi connectivity index (χ3v) is 6.76. The molecule has 1 fully saturated rings. The van der Waals surface area contributed by atoms with Gasteiger partial charge in [0.1, 0.15) is 17.8 Å². The predicted octanol–water partition coefficient (Wildman–Crippen LogP) is 3.92. The lowest BCUT2D eigenvalue weighted by molar-refractivity contribution is -0.151. The molecule has 0 radical (unpaired) electrons. The summed E-state index contributed by atoms with van der Waals surface area (Å²) in [5.41, 5.74) is 1.83. The minimum Gasteiger partial charge on any atom is -0.468 e. The van der Waals surface area contributed by atoms with Gasteiger partial charge in [-0.1, -0.05) is 25.1 Å². The Morgan fingerprint density at radius 3 is 2.50 bits per heavy atom. The zero-order valence-electron chi connectivity index (χ0n) is 18.6. The molecule has 1 N–H and O–H groups in total. The van der Waals surface area contributed by atoms with Crippen LogP contribution in [0, 0.1) is 17.7 Å². The summed E-state index contributed by atoms with van der Waals surface area (Å²) in [4.78, 5) is 39.3. The average Bonchev–Trinajstić information content (AvgIpc) is 3.25. The molecule has 2 aliphatic carbocycles. The highest BCUT2D eigenvalue weighted by atomic mass is 19.1. The first-order valence-electron chi connectivity index (χ1n) is 11.1. The Morgan fingerprint density at radius 1 is 1.16 bits per heavy atom. The van der Waals surface area contributed by atoms with Gasteiger partial charge in [-0.25, -0.2) is 9.18 Å². The van der Waals surface area contributed by atoms with E-state index in [4.69, 9.17) is 9.47 Å². The quantitative estimate of drug-likeness (QED) is 0.563. The Hall–Kier alpha value is -2.96. The Kier molecular flexibility index (Phi) is 6.17. The maximum atomic E-state index is 15.0. The van der Waals surface area contributed by atoms with E-state index in [0.29, 0.717) is 17.8 Å². The molecule has 1 saturated carbocycles. The van der Waals surface area contributed by atoms with E-state index in [0.717, 1.165) is 25.7 Å². The molecule has 3 atom stereocenters. The Balaban J connectivity index is 1.82. The Bertz CT molecular complexity index is 1020. The van der Waals surface area contributed by atoms with Gasteiger partial charge in [-0.05, 0) is 51.0 Å². The lowest BCUT2D eigenvalue weighted by Gasteiger charge is -2.38. The Morgan fingerprint density at radius 2 is 1.84 bits per heavy atom. The molecule has 0 bridgehead atoms. The summed E-state index contributed by atoms with van der Waals surface area (Å²) in [6.45, 7) is 3.55. The van der Waals surface area contributed by atoms with Crippen molar-refractivity contribution in [1.82, 2.24) is 5.32 Å². The number of nitrogens with one attached hydrogen (secondary N) is 1. The molecule has 0 amide bonds. The van der Waals surface area contributed by atoms with Crippen molar-refractivity contribution < 1.29 is 28.2 Å². The van der Waals surface area contributed by atoms with E-state index in [-0.39, 0.29) is 28.7 Å². The highest BCUT2D eigenvalue weighted by molar-refractivity contribution is 6.12. The maximum absolute atomic E-state index is 15.0. The number of halogens is 1. The first-order valence-corrected chi connectivity index (χ1v) is 11.1. The van der Waals surface area contributed by atoms with Gasteiger partial charge in [-0.2, -0.15) is 0 Å². The highest BCUT2D eigenvalue weighted by Crippen LogP contribution is 2.46. The smallest absolute Gasteiger partial charge is 0.337 e. The summed E-state index contributed by atoms with van der Waals surface area (Å²) in [5, 5.41) is 3.19. The number of dihydropyridines is 1. The van der Waals surface area contributed by atoms with Gasteiger partial charge in [0.25, 0.3) is 0 Å². The molecule has 4 rings (SSSR count). The van der Waals surface area contributed by atoms with Crippen LogP contribution in [0.2, 0.25) is 0 Å². The first-order chi connectivity index (χ1) is 15.3. The van der Waals surface area contributed by atoms with E-state index in [2.05, 4.69) is 5.32 Å².